The van der Waals surface area contributed by atoms with Gasteiger partial charge in [0, 0.05) is 11.9 Å². The number of carbonyl (C=O) groups is 1. The Bertz CT molecular complexity index is 658. The summed E-state index contributed by atoms with van der Waals surface area (Å²) in [5.41, 5.74) is 1.20. The fourth-order valence-corrected chi connectivity index (χ4v) is 1.82. The minimum atomic E-state index is -4.29. The van der Waals surface area contributed by atoms with E-state index in [1.54, 1.807) is 6.20 Å². The number of rotatable bonds is 3. The van der Waals surface area contributed by atoms with E-state index in [-0.39, 0.29) is 16.0 Å². The van der Waals surface area contributed by atoms with Crippen LogP contribution in [0.25, 0.3) is 0 Å². The topological polar surface area (TPSA) is 95.5 Å². The lowest BCUT2D eigenvalue weighted by molar-refractivity contribution is 0.255. The van der Waals surface area contributed by atoms with Gasteiger partial charge in [-0.25, -0.2) is 4.79 Å². The molecule has 1 aromatic carbocycles. The molecule has 7 heteroatoms. The molecule has 0 unspecified atom stereocenters. The minimum Gasteiger partial charge on any atom is -0.314 e. The summed E-state index contributed by atoms with van der Waals surface area (Å²) in [6, 6.07) is 4.87. The Morgan fingerprint density at radius 2 is 1.90 bits per heavy atom. The highest BCUT2D eigenvalue weighted by Gasteiger charge is 2.13. The Morgan fingerprint density at radius 3 is 2.43 bits per heavy atom. The Balaban J connectivity index is 2.77. The first-order chi connectivity index (χ1) is 9.50. The second-order valence-corrected chi connectivity index (χ2v) is 7.10. The van der Waals surface area contributed by atoms with Crippen LogP contribution in [0.3, 0.4) is 0 Å². The van der Waals surface area contributed by atoms with E-state index in [4.69, 9.17) is 4.55 Å². The van der Waals surface area contributed by atoms with Gasteiger partial charge in [-0.05, 0) is 30.5 Å². The van der Waals surface area contributed by atoms with Crippen LogP contribution in [0.15, 0.2) is 40.9 Å². The van der Waals surface area contributed by atoms with Crippen LogP contribution in [0, 0.1) is 5.41 Å². The molecule has 0 fully saturated rings. The highest BCUT2D eigenvalue weighted by Crippen LogP contribution is 2.23. The Morgan fingerprint density at radius 1 is 1.29 bits per heavy atom. The van der Waals surface area contributed by atoms with Gasteiger partial charge in [0.25, 0.3) is 10.1 Å². The normalized spacial score (nSPS) is 12.9. The third-order valence-corrected chi connectivity index (χ3v) is 3.84. The summed E-state index contributed by atoms with van der Waals surface area (Å²) in [5, 5.41) is 5.06. The Labute approximate surface area is 125 Å². The first kappa shape index (κ1) is 17.2. The maximum Gasteiger partial charge on any atom is 0.323 e. The minimum absolute atomic E-state index is 0.0574. The van der Waals surface area contributed by atoms with E-state index in [2.05, 4.69) is 10.6 Å². The molecule has 2 amide bonds. The summed E-state index contributed by atoms with van der Waals surface area (Å²) >= 11 is 0. The molecule has 0 bridgehead atoms. The SMILES string of the molecule is C/C(=C\NC(=O)Nc1cccc(S(=O)(=O)O)c1)C(C)(C)C. The standard InChI is InChI=1S/C14H20N2O4S/c1-10(14(2,3)4)9-15-13(17)16-11-6-5-7-12(8-11)21(18,19)20/h5-9H,1-4H3,(H2,15,16,17)(H,18,19,20)/b10-9+. The van der Waals surface area contributed by atoms with Crippen LogP contribution in [-0.4, -0.2) is 19.0 Å². The summed E-state index contributed by atoms with van der Waals surface area (Å²) in [6.45, 7) is 7.97. The summed E-state index contributed by atoms with van der Waals surface area (Å²) in [4.78, 5) is 11.4. The highest BCUT2D eigenvalue weighted by molar-refractivity contribution is 7.85. The van der Waals surface area contributed by atoms with Gasteiger partial charge in [-0.15, -0.1) is 0 Å². The van der Waals surface area contributed by atoms with Gasteiger partial charge in [0.15, 0.2) is 0 Å². The number of carbonyl (C=O) groups excluding carboxylic acids is 1. The van der Waals surface area contributed by atoms with Crippen molar-refractivity contribution in [1.29, 1.82) is 0 Å². The van der Waals surface area contributed by atoms with E-state index >= 15 is 0 Å². The fourth-order valence-electron chi connectivity index (χ4n) is 1.29. The number of anilines is 1. The van der Waals surface area contributed by atoms with Gasteiger partial charge in [-0.2, -0.15) is 8.42 Å². The maximum absolute atomic E-state index is 11.7. The van der Waals surface area contributed by atoms with Crippen LogP contribution in [0.5, 0.6) is 0 Å². The van der Waals surface area contributed by atoms with Crippen LogP contribution < -0.4 is 10.6 Å². The molecule has 0 spiro atoms. The zero-order valence-electron chi connectivity index (χ0n) is 12.5. The Kier molecular flexibility index (Phi) is 5.14. The van der Waals surface area contributed by atoms with Crippen molar-refractivity contribution >= 4 is 21.8 Å². The summed E-state index contributed by atoms with van der Waals surface area (Å²) in [5.74, 6) is 0. The second kappa shape index (κ2) is 6.28. The number of hydrogen-bond donors (Lipinski definition) is 3. The quantitative estimate of drug-likeness (QED) is 0.748. The van der Waals surface area contributed by atoms with Crippen molar-refractivity contribution in [2.24, 2.45) is 5.41 Å². The molecule has 3 N–H and O–H groups in total. The van der Waals surface area contributed by atoms with Crippen LogP contribution in [-0.2, 0) is 10.1 Å². The van der Waals surface area contributed by atoms with Gasteiger partial charge in [0.05, 0.1) is 4.90 Å². The van der Waals surface area contributed by atoms with Crippen molar-refractivity contribution in [3.05, 3.63) is 36.0 Å². The fraction of sp³-hybridized carbons (Fsp3) is 0.357. The number of nitrogens with one attached hydrogen (secondary N) is 2. The molecule has 0 atom stereocenters. The van der Waals surface area contributed by atoms with Crippen LogP contribution in [0.4, 0.5) is 10.5 Å². The van der Waals surface area contributed by atoms with Crippen molar-refractivity contribution < 1.29 is 17.8 Å². The van der Waals surface area contributed by atoms with Crippen molar-refractivity contribution in [1.82, 2.24) is 5.32 Å². The first-order valence-electron chi connectivity index (χ1n) is 6.32. The lowest BCUT2D eigenvalue weighted by Crippen LogP contribution is -2.25. The molecule has 0 aliphatic carbocycles. The molecule has 0 aromatic heterocycles. The molecule has 0 saturated heterocycles. The summed E-state index contributed by atoms with van der Waals surface area (Å²) < 4.78 is 31.0. The average molecular weight is 312 g/mol. The molecular formula is C14H20N2O4S. The second-order valence-electron chi connectivity index (χ2n) is 5.68. The van der Waals surface area contributed by atoms with Crippen LogP contribution >= 0.6 is 0 Å². The van der Waals surface area contributed by atoms with Gasteiger partial charge in [-0.3, -0.25) is 4.55 Å². The number of allylic oxidation sites excluding steroid dienone is 1. The van der Waals surface area contributed by atoms with E-state index in [0.29, 0.717) is 0 Å². The van der Waals surface area contributed by atoms with Crippen molar-refractivity contribution in [3.63, 3.8) is 0 Å². The molecule has 116 valence electrons. The monoisotopic (exact) mass is 312 g/mol. The lowest BCUT2D eigenvalue weighted by Gasteiger charge is -2.19. The molecule has 21 heavy (non-hydrogen) atoms. The van der Waals surface area contributed by atoms with Crippen molar-refractivity contribution in [2.75, 3.05) is 5.32 Å². The van der Waals surface area contributed by atoms with Gasteiger partial charge < -0.3 is 10.6 Å². The van der Waals surface area contributed by atoms with E-state index in [1.165, 1.54) is 24.3 Å². The predicted octanol–water partition coefficient (Wildman–Crippen LogP) is 3.00. The van der Waals surface area contributed by atoms with E-state index < -0.39 is 16.1 Å². The number of hydrogen-bond acceptors (Lipinski definition) is 3. The van der Waals surface area contributed by atoms with Crippen LogP contribution in [0.1, 0.15) is 27.7 Å². The van der Waals surface area contributed by atoms with Gasteiger partial charge in [-0.1, -0.05) is 32.4 Å². The summed E-state index contributed by atoms with van der Waals surface area (Å²) in [6.07, 6.45) is 1.60. The van der Waals surface area contributed by atoms with E-state index in [0.717, 1.165) is 5.57 Å². The van der Waals surface area contributed by atoms with Gasteiger partial charge in [0.2, 0.25) is 0 Å². The number of amides is 2. The lowest BCUT2D eigenvalue weighted by atomic mass is 9.88. The Hall–Kier alpha value is -1.86. The third kappa shape index (κ3) is 5.57. The molecule has 1 rings (SSSR count). The molecule has 0 saturated carbocycles. The van der Waals surface area contributed by atoms with Gasteiger partial charge >= 0.3 is 6.03 Å². The molecule has 0 aliphatic rings. The van der Waals surface area contributed by atoms with Crippen LogP contribution in [0.2, 0.25) is 0 Å². The summed E-state index contributed by atoms with van der Waals surface area (Å²) in [7, 11) is -4.29. The average Bonchev–Trinajstić information content (AvgIpc) is 2.34. The molecule has 1 aromatic rings. The van der Waals surface area contributed by atoms with E-state index in [1.807, 2.05) is 27.7 Å². The number of benzene rings is 1. The zero-order valence-corrected chi connectivity index (χ0v) is 13.3. The molecule has 0 heterocycles. The highest BCUT2D eigenvalue weighted by atomic mass is 32.2. The van der Waals surface area contributed by atoms with E-state index in [9.17, 15) is 13.2 Å². The molecular weight excluding hydrogens is 292 g/mol. The third-order valence-electron chi connectivity index (χ3n) is 2.99. The smallest absolute Gasteiger partial charge is 0.314 e. The number of urea groups is 1. The molecule has 0 aliphatic heterocycles. The van der Waals surface area contributed by atoms with Gasteiger partial charge in [0.1, 0.15) is 0 Å². The van der Waals surface area contributed by atoms with Crippen molar-refractivity contribution in [2.45, 2.75) is 32.6 Å². The molecule has 0 radical (unpaired) electrons. The molecule has 6 nitrogen and oxygen atoms in total. The first-order valence-corrected chi connectivity index (χ1v) is 7.76. The zero-order chi connectivity index (χ0) is 16.3. The largest absolute Gasteiger partial charge is 0.323 e. The maximum atomic E-state index is 11.7. The predicted molar refractivity (Wildman–Crippen MR) is 81.6 cm³/mol. The van der Waals surface area contributed by atoms with Crippen molar-refractivity contribution in [3.8, 4) is 0 Å².